The van der Waals surface area contributed by atoms with Crippen LogP contribution in [0.4, 0.5) is 10.5 Å². The minimum atomic E-state index is -0.894. The summed E-state index contributed by atoms with van der Waals surface area (Å²) in [6, 6.07) is 18.0. The number of fused-ring (bicyclic) bond motifs is 1. The Morgan fingerprint density at radius 1 is 1.03 bits per heavy atom. The molecule has 1 aliphatic rings. The Balaban J connectivity index is 1.40. The van der Waals surface area contributed by atoms with Crippen molar-refractivity contribution in [1.82, 2.24) is 5.16 Å². The second-order valence-electron chi connectivity index (χ2n) is 8.55. The summed E-state index contributed by atoms with van der Waals surface area (Å²) in [7, 11) is 0. The average Bonchev–Trinajstić information content (AvgIpc) is 3.36. The molecule has 9 nitrogen and oxygen atoms in total. The van der Waals surface area contributed by atoms with E-state index in [9.17, 15) is 9.59 Å². The monoisotopic (exact) mass is 534 g/mol. The maximum absolute atomic E-state index is 12.7. The van der Waals surface area contributed by atoms with Gasteiger partial charge in [0.2, 0.25) is 0 Å². The first kappa shape index (κ1) is 25.2. The van der Waals surface area contributed by atoms with E-state index in [1.807, 2.05) is 24.3 Å². The Morgan fingerprint density at radius 3 is 2.42 bits per heavy atom. The van der Waals surface area contributed by atoms with E-state index < -0.39 is 18.2 Å². The largest absolute Gasteiger partial charge is 0.485 e. The minimum absolute atomic E-state index is 0.0577. The van der Waals surface area contributed by atoms with Crippen LogP contribution in [0.15, 0.2) is 71.4 Å². The van der Waals surface area contributed by atoms with E-state index in [2.05, 4.69) is 10.5 Å². The number of carboxylic acid groups (broad SMARTS) is 1. The predicted octanol–water partition coefficient (Wildman–Crippen LogP) is 6.37. The maximum atomic E-state index is 12.7. The van der Waals surface area contributed by atoms with E-state index >= 15 is 0 Å². The van der Waals surface area contributed by atoms with Crippen molar-refractivity contribution in [2.45, 2.75) is 19.4 Å². The summed E-state index contributed by atoms with van der Waals surface area (Å²) in [4.78, 5) is 23.7. The van der Waals surface area contributed by atoms with E-state index in [1.165, 1.54) is 6.20 Å². The van der Waals surface area contributed by atoms with E-state index in [1.54, 1.807) is 43.3 Å². The lowest BCUT2D eigenvalue weighted by Crippen LogP contribution is -2.17. The number of carboxylic acids is 1. The van der Waals surface area contributed by atoms with Crippen molar-refractivity contribution in [2.24, 2.45) is 0 Å². The van der Waals surface area contributed by atoms with Crippen molar-refractivity contribution in [3.63, 3.8) is 0 Å². The number of benzene rings is 3. The highest BCUT2D eigenvalue weighted by molar-refractivity contribution is 6.31. The molecule has 3 aromatic carbocycles. The number of halogens is 1. The van der Waals surface area contributed by atoms with Crippen LogP contribution in [-0.4, -0.2) is 35.5 Å². The number of hydrogen-bond donors (Lipinski definition) is 2. The van der Waals surface area contributed by atoms with Gasteiger partial charge in [-0.2, -0.15) is 0 Å². The molecule has 1 atom stereocenters. The Kier molecular flexibility index (Phi) is 7.19. The molecule has 0 saturated heterocycles. The van der Waals surface area contributed by atoms with Gasteiger partial charge >= 0.3 is 12.1 Å². The standard InChI is InChI=1S/C28H23ClN2O7/c1-16(19-4-2-3-5-22(19)29)37-28(34)31-23-15-30-38-25(23)21-11-10-20(26-27(21)36-13-12-35-26)18-8-6-17(7-9-18)14-24(32)33/h2-11,15-16H,12-14H2,1H3,(H,31,34)(H,32,33). The smallest absolute Gasteiger partial charge is 0.412 e. The lowest BCUT2D eigenvalue weighted by Gasteiger charge is -2.23. The van der Waals surface area contributed by atoms with E-state index in [4.69, 9.17) is 35.4 Å². The maximum Gasteiger partial charge on any atom is 0.412 e. The van der Waals surface area contributed by atoms with Crippen LogP contribution in [-0.2, 0) is 16.0 Å². The van der Waals surface area contributed by atoms with E-state index in [0.717, 1.165) is 11.1 Å². The number of rotatable bonds is 7. The summed E-state index contributed by atoms with van der Waals surface area (Å²) >= 11 is 6.22. The number of aromatic nitrogens is 1. The molecule has 2 N–H and O–H groups in total. The Morgan fingerprint density at radius 2 is 1.71 bits per heavy atom. The van der Waals surface area contributed by atoms with Crippen LogP contribution in [0.1, 0.15) is 24.2 Å². The second kappa shape index (κ2) is 10.9. The number of anilines is 1. The van der Waals surface area contributed by atoms with Gasteiger partial charge in [-0.3, -0.25) is 10.1 Å². The summed E-state index contributed by atoms with van der Waals surface area (Å²) in [6.07, 6.45) is 0.0309. The van der Waals surface area contributed by atoms with Gasteiger partial charge in [0.25, 0.3) is 0 Å². The first-order valence-electron chi connectivity index (χ1n) is 11.8. The van der Waals surface area contributed by atoms with Crippen molar-refractivity contribution in [2.75, 3.05) is 18.5 Å². The molecule has 1 aliphatic heterocycles. The quantitative estimate of drug-likeness (QED) is 0.280. The molecule has 0 aliphatic carbocycles. The van der Waals surface area contributed by atoms with E-state index in [0.29, 0.717) is 52.1 Å². The van der Waals surface area contributed by atoms with Gasteiger partial charge < -0.3 is 23.8 Å². The van der Waals surface area contributed by atoms with Gasteiger partial charge in [0.15, 0.2) is 17.3 Å². The molecule has 5 rings (SSSR count). The summed E-state index contributed by atoms with van der Waals surface area (Å²) in [5, 5.41) is 16.1. The van der Waals surface area contributed by atoms with Gasteiger partial charge in [0.1, 0.15) is 25.0 Å². The van der Waals surface area contributed by atoms with Crippen molar-refractivity contribution >= 4 is 29.4 Å². The van der Waals surface area contributed by atoms with Crippen molar-refractivity contribution < 1.29 is 33.4 Å². The summed E-state index contributed by atoms with van der Waals surface area (Å²) in [6.45, 7) is 2.41. The molecule has 0 radical (unpaired) electrons. The molecule has 0 saturated carbocycles. The van der Waals surface area contributed by atoms with Crippen LogP contribution in [0.3, 0.4) is 0 Å². The predicted molar refractivity (Wildman–Crippen MR) is 140 cm³/mol. The first-order valence-corrected chi connectivity index (χ1v) is 12.2. The SMILES string of the molecule is CC(OC(=O)Nc1cnoc1-c1ccc(-c2ccc(CC(=O)O)cc2)c2c1OCCO2)c1ccccc1Cl. The minimum Gasteiger partial charge on any atom is -0.485 e. The topological polar surface area (TPSA) is 120 Å². The summed E-state index contributed by atoms with van der Waals surface area (Å²) in [5.74, 6) is 0.338. The first-order chi connectivity index (χ1) is 18.4. The molecule has 1 unspecified atom stereocenters. The fraction of sp³-hybridized carbons (Fsp3) is 0.179. The van der Waals surface area contributed by atoms with Gasteiger partial charge in [0.05, 0.1) is 18.2 Å². The van der Waals surface area contributed by atoms with Gasteiger partial charge in [-0.25, -0.2) is 4.79 Å². The molecular weight excluding hydrogens is 512 g/mol. The molecule has 194 valence electrons. The molecule has 38 heavy (non-hydrogen) atoms. The molecule has 2 heterocycles. The second-order valence-corrected chi connectivity index (χ2v) is 8.95. The number of nitrogens with one attached hydrogen (secondary N) is 1. The van der Waals surface area contributed by atoms with Crippen LogP contribution in [0.25, 0.3) is 22.5 Å². The molecule has 1 amide bonds. The van der Waals surface area contributed by atoms with Crippen LogP contribution in [0.5, 0.6) is 11.5 Å². The third-order valence-electron chi connectivity index (χ3n) is 5.99. The molecule has 4 aromatic rings. The van der Waals surface area contributed by atoms with Crippen LogP contribution >= 0.6 is 11.6 Å². The zero-order chi connectivity index (χ0) is 26.6. The molecule has 10 heteroatoms. The van der Waals surface area contributed by atoms with Crippen LogP contribution in [0.2, 0.25) is 5.02 Å². The highest BCUT2D eigenvalue weighted by Crippen LogP contribution is 2.47. The van der Waals surface area contributed by atoms with Crippen molar-refractivity contribution in [1.29, 1.82) is 0 Å². The van der Waals surface area contributed by atoms with Crippen molar-refractivity contribution in [3.8, 4) is 33.9 Å². The van der Waals surface area contributed by atoms with Crippen LogP contribution < -0.4 is 14.8 Å². The molecule has 0 bridgehead atoms. The number of aliphatic carboxylic acids is 1. The summed E-state index contributed by atoms with van der Waals surface area (Å²) < 4.78 is 22.9. The summed E-state index contributed by atoms with van der Waals surface area (Å²) in [5.41, 5.74) is 3.81. The van der Waals surface area contributed by atoms with Gasteiger partial charge in [-0.1, -0.05) is 59.2 Å². The van der Waals surface area contributed by atoms with E-state index in [-0.39, 0.29) is 12.2 Å². The number of nitrogens with zero attached hydrogens (tertiary/aromatic N) is 1. The third kappa shape index (κ3) is 5.28. The molecule has 0 fully saturated rings. The molecule has 1 aromatic heterocycles. The van der Waals surface area contributed by atoms with Gasteiger partial charge in [0, 0.05) is 16.1 Å². The van der Waals surface area contributed by atoms with Gasteiger partial charge in [-0.15, -0.1) is 0 Å². The highest BCUT2D eigenvalue weighted by Gasteiger charge is 2.26. The lowest BCUT2D eigenvalue weighted by molar-refractivity contribution is -0.136. The normalized spacial score (nSPS) is 13.0. The fourth-order valence-electron chi connectivity index (χ4n) is 4.21. The zero-order valence-corrected chi connectivity index (χ0v) is 21.0. The third-order valence-corrected chi connectivity index (χ3v) is 6.33. The Bertz CT molecular complexity index is 1480. The average molecular weight is 535 g/mol. The number of hydrogen-bond acceptors (Lipinski definition) is 7. The zero-order valence-electron chi connectivity index (χ0n) is 20.3. The fourth-order valence-corrected chi connectivity index (χ4v) is 4.50. The number of carbonyl (C=O) groups is 2. The van der Waals surface area contributed by atoms with Crippen molar-refractivity contribution in [3.05, 3.63) is 83.0 Å². The molecular formula is C28H23ClN2O7. The van der Waals surface area contributed by atoms with Crippen LogP contribution in [0, 0.1) is 0 Å². The Labute approximate surface area is 222 Å². The number of ether oxygens (including phenoxy) is 3. The number of amides is 1. The highest BCUT2D eigenvalue weighted by atomic mass is 35.5. The lowest BCUT2D eigenvalue weighted by atomic mass is 9.98. The molecule has 0 spiro atoms. The Hall–Kier alpha value is -4.50. The number of carbonyl (C=O) groups excluding carboxylic acids is 1. The van der Waals surface area contributed by atoms with Gasteiger partial charge in [-0.05, 0) is 36.2 Å².